The number of aryl methyl sites for hydroxylation is 1. The molecule has 106 valence electrons. The summed E-state index contributed by atoms with van der Waals surface area (Å²) in [6.45, 7) is 1.78. The van der Waals surface area contributed by atoms with Crippen LogP contribution in [-0.2, 0) is 6.18 Å². The van der Waals surface area contributed by atoms with Crippen LogP contribution in [-0.4, -0.2) is 4.98 Å². The molecule has 0 aliphatic carbocycles. The smallest absolute Gasteiger partial charge is 0.382 e. The SMILES string of the molecule is Cc1cc(Cl)ccc1Nc1cc(C(F)(F)F)cnc1N. The second-order valence-corrected chi connectivity index (χ2v) is 4.68. The Hall–Kier alpha value is -1.95. The third kappa shape index (κ3) is 3.14. The van der Waals surface area contributed by atoms with Crippen molar-refractivity contribution in [2.24, 2.45) is 0 Å². The van der Waals surface area contributed by atoms with Gasteiger partial charge in [0, 0.05) is 16.9 Å². The van der Waals surface area contributed by atoms with E-state index in [4.69, 9.17) is 17.3 Å². The highest BCUT2D eigenvalue weighted by atomic mass is 35.5. The fourth-order valence-corrected chi connectivity index (χ4v) is 1.87. The van der Waals surface area contributed by atoms with Gasteiger partial charge in [-0.05, 0) is 36.8 Å². The molecular formula is C13H11ClF3N3. The Labute approximate surface area is 118 Å². The van der Waals surface area contributed by atoms with Gasteiger partial charge in [-0.25, -0.2) is 4.98 Å². The van der Waals surface area contributed by atoms with Crippen LogP contribution in [0.4, 0.5) is 30.4 Å². The Kier molecular flexibility index (Phi) is 3.76. The number of hydrogen-bond donors (Lipinski definition) is 2. The Morgan fingerprint density at radius 1 is 1.20 bits per heavy atom. The molecule has 0 aliphatic rings. The number of aromatic nitrogens is 1. The molecule has 2 rings (SSSR count). The normalized spacial score (nSPS) is 11.4. The lowest BCUT2D eigenvalue weighted by Crippen LogP contribution is -2.08. The molecule has 2 aromatic rings. The van der Waals surface area contributed by atoms with Gasteiger partial charge in [-0.3, -0.25) is 0 Å². The highest BCUT2D eigenvalue weighted by Gasteiger charge is 2.31. The van der Waals surface area contributed by atoms with E-state index in [2.05, 4.69) is 10.3 Å². The molecule has 1 aromatic carbocycles. The molecule has 3 N–H and O–H groups in total. The molecule has 0 radical (unpaired) electrons. The van der Waals surface area contributed by atoms with Crippen LogP contribution in [0.3, 0.4) is 0 Å². The Balaban J connectivity index is 2.38. The van der Waals surface area contributed by atoms with Crippen molar-refractivity contribution in [3.05, 3.63) is 46.6 Å². The van der Waals surface area contributed by atoms with Gasteiger partial charge < -0.3 is 11.1 Å². The van der Waals surface area contributed by atoms with Crippen LogP contribution in [0.5, 0.6) is 0 Å². The molecule has 0 amide bonds. The lowest BCUT2D eigenvalue weighted by Gasteiger charge is -2.14. The first-order chi connectivity index (χ1) is 9.27. The number of halogens is 4. The van der Waals surface area contributed by atoms with Crippen LogP contribution in [0.1, 0.15) is 11.1 Å². The lowest BCUT2D eigenvalue weighted by molar-refractivity contribution is -0.137. The predicted octanol–water partition coefficient (Wildman–Crippen LogP) is 4.39. The summed E-state index contributed by atoms with van der Waals surface area (Å²) in [5, 5.41) is 3.38. The minimum atomic E-state index is -4.47. The number of benzene rings is 1. The second kappa shape index (κ2) is 5.20. The fourth-order valence-electron chi connectivity index (χ4n) is 1.64. The zero-order chi connectivity index (χ0) is 14.9. The molecule has 0 bridgehead atoms. The molecule has 0 saturated heterocycles. The molecule has 3 nitrogen and oxygen atoms in total. The summed E-state index contributed by atoms with van der Waals surface area (Å²) in [6, 6.07) is 5.92. The van der Waals surface area contributed by atoms with Crippen molar-refractivity contribution in [3.8, 4) is 0 Å². The van der Waals surface area contributed by atoms with Crippen molar-refractivity contribution in [1.29, 1.82) is 0 Å². The van der Waals surface area contributed by atoms with Gasteiger partial charge in [0.05, 0.1) is 11.3 Å². The minimum absolute atomic E-state index is 0.00708. The minimum Gasteiger partial charge on any atom is -0.382 e. The molecule has 20 heavy (non-hydrogen) atoms. The first-order valence-corrected chi connectivity index (χ1v) is 6.01. The average molecular weight is 302 g/mol. The molecule has 0 aliphatic heterocycles. The maximum Gasteiger partial charge on any atom is 0.417 e. The third-order valence-electron chi connectivity index (χ3n) is 2.70. The van der Waals surface area contributed by atoms with Crippen molar-refractivity contribution in [2.75, 3.05) is 11.1 Å². The highest BCUT2D eigenvalue weighted by Crippen LogP contribution is 2.33. The number of rotatable bonds is 2. The van der Waals surface area contributed by atoms with E-state index in [1.165, 1.54) is 0 Å². The molecule has 0 spiro atoms. The number of nitrogen functional groups attached to an aromatic ring is 1. The molecule has 1 aromatic heterocycles. The Morgan fingerprint density at radius 2 is 1.90 bits per heavy atom. The summed E-state index contributed by atoms with van der Waals surface area (Å²) in [5.41, 5.74) is 6.23. The van der Waals surface area contributed by atoms with Crippen LogP contribution >= 0.6 is 11.6 Å². The van der Waals surface area contributed by atoms with Crippen LogP contribution in [0.25, 0.3) is 0 Å². The van der Waals surface area contributed by atoms with E-state index in [0.717, 1.165) is 11.6 Å². The average Bonchev–Trinajstić information content (AvgIpc) is 2.33. The zero-order valence-electron chi connectivity index (χ0n) is 10.4. The lowest BCUT2D eigenvalue weighted by atomic mass is 10.2. The monoisotopic (exact) mass is 301 g/mol. The molecule has 7 heteroatoms. The summed E-state index contributed by atoms with van der Waals surface area (Å²) in [4.78, 5) is 3.56. The van der Waals surface area contributed by atoms with Gasteiger partial charge in [0.1, 0.15) is 5.82 Å². The number of alkyl halides is 3. The van der Waals surface area contributed by atoms with Gasteiger partial charge >= 0.3 is 6.18 Å². The Morgan fingerprint density at radius 3 is 2.50 bits per heavy atom. The van der Waals surface area contributed by atoms with E-state index in [1.54, 1.807) is 25.1 Å². The molecule has 0 atom stereocenters. The maximum absolute atomic E-state index is 12.6. The highest BCUT2D eigenvalue weighted by molar-refractivity contribution is 6.30. The van der Waals surface area contributed by atoms with Crippen LogP contribution < -0.4 is 11.1 Å². The summed E-state index contributed by atoms with van der Waals surface area (Å²) in [5.74, 6) is -0.00708. The number of pyridine rings is 1. The van der Waals surface area contributed by atoms with Crippen LogP contribution in [0, 0.1) is 6.92 Å². The Bertz CT molecular complexity index is 641. The number of nitrogens with one attached hydrogen (secondary N) is 1. The van der Waals surface area contributed by atoms with E-state index < -0.39 is 11.7 Å². The summed E-state index contributed by atoms with van der Waals surface area (Å²) in [7, 11) is 0. The molecule has 0 fully saturated rings. The van der Waals surface area contributed by atoms with Gasteiger partial charge in [0.2, 0.25) is 0 Å². The number of nitrogens with two attached hydrogens (primary N) is 1. The number of nitrogens with zero attached hydrogens (tertiary/aromatic N) is 1. The second-order valence-electron chi connectivity index (χ2n) is 4.24. The van der Waals surface area contributed by atoms with Crippen molar-refractivity contribution in [2.45, 2.75) is 13.1 Å². The number of anilines is 3. The quantitative estimate of drug-likeness (QED) is 0.865. The van der Waals surface area contributed by atoms with Gasteiger partial charge in [-0.2, -0.15) is 13.2 Å². The van der Waals surface area contributed by atoms with Crippen molar-refractivity contribution in [3.63, 3.8) is 0 Å². The van der Waals surface area contributed by atoms with E-state index in [9.17, 15) is 13.2 Å². The standard InChI is InChI=1S/C13H11ClF3N3/c1-7-4-9(14)2-3-10(7)20-11-5-8(13(15,16)17)6-19-12(11)18/h2-6,20H,1H3,(H2,18,19). The van der Waals surface area contributed by atoms with Crippen molar-refractivity contribution in [1.82, 2.24) is 4.98 Å². The molecule has 0 unspecified atom stereocenters. The number of hydrogen-bond acceptors (Lipinski definition) is 3. The first kappa shape index (κ1) is 14.5. The molecular weight excluding hydrogens is 291 g/mol. The maximum atomic E-state index is 12.6. The van der Waals surface area contributed by atoms with E-state index in [1.807, 2.05) is 0 Å². The van der Waals surface area contributed by atoms with E-state index in [0.29, 0.717) is 16.9 Å². The van der Waals surface area contributed by atoms with Gasteiger partial charge in [0.15, 0.2) is 0 Å². The topological polar surface area (TPSA) is 50.9 Å². The summed E-state index contributed by atoms with van der Waals surface area (Å²) < 4.78 is 37.9. The van der Waals surface area contributed by atoms with E-state index >= 15 is 0 Å². The largest absolute Gasteiger partial charge is 0.417 e. The molecule has 1 heterocycles. The van der Waals surface area contributed by atoms with Gasteiger partial charge in [-0.15, -0.1) is 0 Å². The third-order valence-corrected chi connectivity index (χ3v) is 2.94. The molecule has 0 saturated carbocycles. The zero-order valence-corrected chi connectivity index (χ0v) is 11.2. The van der Waals surface area contributed by atoms with Crippen molar-refractivity contribution < 1.29 is 13.2 Å². The van der Waals surface area contributed by atoms with Crippen LogP contribution in [0.2, 0.25) is 5.02 Å². The van der Waals surface area contributed by atoms with Gasteiger partial charge in [-0.1, -0.05) is 11.6 Å². The fraction of sp³-hybridized carbons (Fsp3) is 0.154. The van der Waals surface area contributed by atoms with Gasteiger partial charge in [0.25, 0.3) is 0 Å². The van der Waals surface area contributed by atoms with Crippen LogP contribution in [0.15, 0.2) is 30.5 Å². The first-order valence-electron chi connectivity index (χ1n) is 5.63. The van der Waals surface area contributed by atoms with E-state index in [-0.39, 0.29) is 11.5 Å². The predicted molar refractivity (Wildman–Crippen MR) is 73.1 cm³/mol. The van der Waals surface area contributed by atoms with Crippen molar-refractivity contribution >= 4 is 28.8 Å². The summed E-state index contributed by atoms with van der Waals surface area (Å²) in [6.07, 6.45) is -3.76. The summed E-state index contributed by atoms with van der Waals surface area (Å²) >= 11 is 5.82.